The number of carbonyl (C=O) groups excluding carboxylic acids is 1. The molecule has 86 valence electrons. The van der Waals surface area contributed by atoms with Crippen LogP contribution in [-0.4, -0.2) is 22.0 Å². The number of aliphatic hydroxyl groups is 1. The number of ketones is 1. The quantitative estimate of drug-likeness (QED) is 0.814. The lowest BCUT2D eigenvalue weighted by Gasteiger charge is -2.14. The Hall–Kier alpha value is -2.36. The van der Waals surface area contributed by atoms with Crippen LogP contribution in [0.15, 0.2) is 47.7 Å². The molecule has 1 aromatic carbocycles. The van der Waals surface area contributed by atoms with Gasteiger partial charge in [-0.05, 0) is 17.2 Å². The van der Waals surface area contributed by atoms with Gasteiger partial charge in [-0.3, -0.25) is 4.79 Å². The van der Waals surface area contributed by atoms with Gasteiger partial charge in [0, 0.05) is 6.42 Å². The summed E-state index contributed by atoms with van der Waals surface area (Å²) in [4.78, 5) is 22.3. The highest BCUT2D eigenvalue weighted by Crippen LogP contribution is 2.28. The molecule has 0 saturated carbocycles. The number of carboxylic acid groups (broad SMARTS) is 1. The second kappa shape index (κ2) is 4.25. The Morgan fingerprint density at radius 2 is 1.82 bits per heavy atom. The van der Waals surface area contributed by atoms with Crippen LogP contribution in [0.3, 0.4) is 0 Å². The maximum atomic E-state index is 11.4. The normalized spacial score (nSPS) is 15.8. The first-order valence-corrected chi connectivity index (χ1v) is 5.05. The monoisotopic (exact) mass is 230 g/mol. The van der Waals surface area contributed by atoms with E-state index in [-0.39, 0.29) is 12.0 Å². The minimum Gasteiger partial charge on any atom is -0.504 e. The predicted molar refractivity (Wildman–Crippen MR) is 61.3 cm³/mol. The minimum atomic E-state index is -1.27. The van der Waals surface area contributed by atoms with Gasteiger partial charge in [0.2, 0.25) is 5.78 Å². The molecule has 0 aromatic heterocycles. The van der Waals surface area contributed by atoms with Crippen molar-refractivity contribution in [1.29, 1.82) is 0 Å². The molecule has 1 aromatic rings. The number of hydrogen-bond donors (Lipinski definition) is 2. The first kappa shape index (κ1) is 11.1. The number of hydrogen-bond acceptors (Lipinski definition) is 3. The van der Waals surface area contributed by atoms with Crippen LogP contribution in [0.25, 0.3) is 5.57 Å². The maximum absolute atomic E-state index is 11.4. The van der Waals surface area contributed by atoms with Crippen molar-refractivity contribution in [3.05, 3.63) is 53.3 Å². The molecule has 0 atom stereocenters. The minimum absolute atomic E-state index is 0.0525. The molecule has 0 bridgehead atoms. The Kier molecular flexibility index (Phi) is 2.78. The second-order valence-corrected chi connectivity index (χ2v) is 3.71. The van der Waals surface area contributed by atoms with Crippen LogP contribution >= 0.6 is 0 Å². The molecule has 0 fully saturated rings. The zero-order valence-corrected chi connectivity index (χ0v) is 8.88. The standard InChI is InChI=1S/C13H10O4/c14-11-7-9(8-4-2-1-3-5-8)6-10(12(11)15)13(16)17/h1-5,7,15H,6H2,(H,16,17). The highest BCUT2D eigenvalue weighted by Gasteiger charge is 2.25. The van der Waals surface area contributed by atoms with Crippen LogP contribution in [-0.2, 0) is 9.59 Å². The first-order chi connectivity index (χ1) is 8.09. The van der Waals surface area contributed by atoms with E-state index in [2.05, 4.69) is 0 Å². The lowest BCUT2D eigenvalue weighted by molar-refractivity contribution is -0.133. The lowest BCUT2D eigenvalue weighted by Crippen LogP contribution is -2.15. The zero-order valence-electron chi connectivity index (χ0n) is 8.88. The van der Waals surface area contributed by atoms with Gasteiger partial charge in [0.05, 0.1) is 5.57 Å². The van der Waals surface area contributed by atoms with Crippen molar-refractivity contribution in [3.63, 3.8) is 0 Å². The summed E-state index contributed by atoms with van der Waals surface area (Å²) in [6, 6.07) is 9.03. The van der Waals surface area contributed by atoms with Gasteiger partial charge in [-0.25, -0.2) is 4.79 Å². The molecule has 0 amide bonds. The van der Waals surface area contributed by atoms with Crippen LogP contribution in [0.2, 0.25) is 0 Å². The summed E-state index contributed by atoms with van der Waals surface area (Å²) >= 11 is 0. The fraction of sp³-hybridized carbons (Fsp3) is 0.0769. The second-order valence-electron chi connectivity index (χ2n) is 3.71. The molecule has 4 nitrogen and oxygen atoms in total. The van der Waals surface area contributed by atoms with Crippen molar-refractivity contribution in [2.24, 2.45) is 0 Å². The number of carbonyl (C=O) groups is 2. The molecular weight excluding hydrogens is 220 g/mol. The van der Waals surface area contributed by atoms with Crippen LogP contribution in [0, 0.1) is 0 Å². The van der Waals surface area contributed by atoms with Gasteiger partial charge in [0.1, 0.15) is 0 Å². The molecule has 1 aliphatic rings. The molecule has 2 N–H and O–H groups in total. The molecule has 2 rings (SSSR count). The summed E-state index contributed by atoms with van der Waals surface area (Å²) in [5.41, 5.74) is 1.13. The van der Waals surface area contributed by atoms with Crippen molar-refractivity contribution in [1.82, 2.24) is 0 Å². The van der Waals surface area contributed by atoms with Crippen LogP contribution in [0.1, 0.15) is 12.0 Å². The van der Waals surface area contributed by atoms with E-state index in [0.717, 1.165) is 5.56 Å². The van der Waals surface area contributed by atoms with Gasteiger partial charge in [0.25, 0.3) is 0 Å². The number of aliphatic hydroxyl groups excluding tert-OH is 1. The Labute approximate surface area is 97.5 Å². The van der Waals surface area contributed by atoms with E-state index >= 15 is 0 Å². The number of allylic oxidation sites excluding steroid dienone is 2. The zero-order chi connectivity index (χ0) is 12.4. The molecule has 0 heterocycles. The van der Waals surface area contributed by atoms with Gasteiger partial charge in [-0.2, -0.15) is 0 Å². The molecule has 4 heteroatoms. The van der Waals surface area contributed by atoms with Crippen molar-refractivity contribution in [3.8, 4) is 0 Å². The molecule has 0 aliphatic heterocycles. The number of benzene rings is 1. The van der Waals surface area contributed by atoms with Crippen LogP contribution in [0.5, 0.6) is 0 Å². The number of rotatable bonds is 2. The molecule has 0 spiro atoms. The van der Waals surface area contributed by atoms with Gasteiger partial charge < -0.3 is 10.2 Å². The Balaban J connectivity index is 2.40. The summed E-state index contributed by atoms with van der Waals surface area (Å²) in [5.74, 6) is -2.60. The van der Waals surface area contributed by atoms with E-state index in [1.165, 1.54) is 6.08 Å². The summed E-state index contributed by atoms with van der Waals surface area (Å²) in [7, 11) is 0. The van der Waals surface area contributed by atoms with E-state index in [1.807, 2.05) is 6.07 Å². The third-order valence-corrected chi connectivity index (χ3v) is 2.59. The summed E-state index contributed by atoms with van der Waals surface area (Å²) < 4.78 is 0. The lowest BCUT2D eigenvalue weighted by atomic mass is 9.91. The average molecular weight is 230 g/mol. The van der Waals surface area contributed by atoms with Gasteiger partial charge in [0.15, 0.2) is 5.76 Å². The summed E-state index contributed by atoms with van der Waals surface area (Å²) in [6.07, 6.45) is 1.33. The van der Waals surface area contributed by atoms with Crippen LogP contribution < -0.4 is 0 Å². The fourth-order valence-corrected chi connectivity index (χ4v) is 1.72. The fourth-order valence-electron chi connectivity index (χ4n) is 1.72. The van der Waals surface area contributed by atoms with E-state index < -0.39 is 17.5 Å². The summed E-state index contributed by atoms with van der Waals surface area (Å²) in [5, 5.41) is 18.3. The highest BCUT2D eigenvalue weighted by atomic mass is 16.4. The Bertz CT molecular complexity index is 538. The third kappa shape index (κ3) is 2.10. The van der Waals surface area contributed by atoms with Gasteiger partial charge >= 0.3 is 5.97 Å². The molecule has 0 unspecified atom stereocenters. The highest BCUT2D eigenvalue weighted by molar-refractivity contribution is 6.13. The van der Waals surface area contributed by atoms with E-state index in [1.54, 1.807) is 24.3 Å². The van der Waals surface area contributed by atoms with Gasteiger partial charge in [-0.1, -0.05) is 30.3 Å². The van der Waals surface area contributed by atoms with Crippen molar-refractivity contribution < 1.29 is 19.8 Å². The first-order valence-electron chi connectivity index (χ1n) is 5.05. The smallest absolute Gasteiger partial charge is 0.335 e. The topological polar surface area (TPSA) is 74.6 Å². The molecule has 0 saturated heterocycles. The van der Waals surface area contributed by atoms with E-state index in [4.69, 9.17) is 5.11 Å². The molecule has 0 radical (unpaired) electrons. The molecule has 1 aliphatic carbocycles. The summed E-state index contributed by atoms with van der Waals surface area (Å²) in [6.45, 7) is 0. The molecule has 17 heavy (non-hydrogen) atoms. The maximum Gasteiger partial charge on any atom is 0.335 e. The van der Waals surface area contributed by atoms with Crippen molar-refractivity contribution >= 4 is 17.3 Å². The number of aliphatic carboxylic acids is 1. The van der Waals surface area contributed by atoms with E-state index in [9.17, 15) is 14.7 Å². The Morgan fingerprint density at radius 1 is 1.18 bits per heavy atom. The average Bonchev–Trinajstić information content (AvgIpc) is 2.33. The van der Waals surface area contributed by atoms with Crippen molar-refractivity contribution in [2.75, 3.05) is 0 Å². The third-order valence-electron chi connectivity index (χ3n) is 2.59. The van der Waals surface area contributed by atoms with E-state index in [0.29, 0.717) is 5.57 Å². The SMILES string of the molecule is O=C(O)C1=C(O)C(=O)C=C(c2ccccc2)C1. The molecular formula is C13H10O4. The largest absolute Gasteiger partial charge is 0.504 e. The predicted octanol–water partition coefficient (Wildman–Crippen LogP) is 1.94. The Morgan fingerprint density at radius 3 is 2.41 bits per heavy atom. The van der Waals surface area contributed by atoms with Crippen LogP contribution in [0.4, 0.5) is 0 Å². The number of carboxylic acids is 1. The van der Waals surface area contributed by atoms with Crippen molar-refractivity contribution in [2.45, 2.75) is 6.42 Å². The van der Waals surface area contributed by atoms with Gasteiger partial charge in [-0.15, -0.1) is 0 Å².